The molecule has 5 rings (SSSR count). The molecule has 0 saturated heterocycles. The fraction of sp³-hybridized carbons (Fsp3) is 0.150. The number of carbonyl (C=O) groups is 4. The van der Waals surface area contributed by atoms with Gasteiger partial charge in [0, 0.05) is 27.1 Å². The van der Waals surface area contributed by atoms with E-state index >= 15 is 0 Å². The maximum atomic E-state index is 13.7. The summed E-state index contributed by atoms with van der Waals surface area (Å²) in [5, 5.41) is 10.7. The van der Waals surface area contributed by atoms with Crippen LogP contribution in [0.3, 0.4) is 0 Å². The van der Waals surface area contributed by atoms with Crippen LogP contribution < -0.4 is 30.2 Å². The number of thioether (sulfide) groups is 1. The van der Waals surface area contributed by atoms with Gasteiger partial charge >= 0.3 is 5.97 Å². The number of amides is 3. The van der Waals surface area contributed by atoms with E-state index in [-0.39, 0.29) is 24.0 Å². The summed E-state index contributed by atoms with van der Waals surface area (Å²) in [6, 6.07) is 28.2. The molecule has 272 valence electrons. The smallest absolute Gasteiger partial charge is 0.341 e. The van der Waals surface area contributed by atoms with Crippen LogP contribution in [0.4, 0.5) is 10.7 Å². The average Bonchev–Trinajstić information content (AvgIpc) is 3.60. The zero-order valence-corrected chi connectivity index (χ0v) is 31.0. The number of esters is 1. The predicted octanol–water partition coefficient (Wildman–Crippen LogP) is 7.76. The van der Waals surface area contributed by atoms with Crippen LogP contribution in [0.15, 0.2) is 113 Å². The molecule has 1 heterocycles. The van der Waals surface area contributed by atoms with Gasteiger partial charge in [0.15, 0.2) is 11.5 Å². The van der Waals surface area contributed by atoms with Crippen molar-refractivity contribution in [2.45, 2.75) is 11.8 Å². The van der Waals surface area contributed by atoms with E-state index < -0.39 is 17.8 Å². The van der Waals surface area contributed by atoms with Crippen LogP contribution in [0, 0.1) is 0 Å². The van der Waals surface area contributed by atoms with Crippen molar-refractivity contribution in [3.8, 4) is 28.4 Å². The van der Waals surface area contributed by atoms with Crippen LogP contribution in [0.2, 0.25) is 0 Å². The Labute approximate surface area is 315 Å². The molecule has 3 N–H and O–H groups in total. The first kappa shape index (κ1) is 38.2. The second-order valence-corrected chi connectivity index (χ2v) is 13.0. The van der Waals surface area contributed by atoms with E-state index in [0.29, 0.717) is 55.1 Å². The maximum Gasteiger partial charge on any atom is 0.341 e. The zero-order valence-electron chi connectivity index (χ0n) is 29.4. The highest BCUT2D eigenvalue weighted by atomic mass is 32.2. The van der Waals surface area contributed by atoms with Crippen LogP contribution in [0.1, 0.15) is 33.2 Å². The molecule has 3 amide bonds. The first-order chi connectivity index (χ1) is 25.7. The third-order valence-corrected chi connectivity index (χ3v) is 9.49. The Morgan fingerprint density at radius 2 is 1.47 bits per heavy atom. The van der Waals surface area contributed by atoms with Crippen LogP contribution in [-0.2, 0) is 14.3 Å². The number of carbonyl (C=O) groups excluding carboxylic acids is 4. The first-order valence-corrected chi connectivity index (χ1v) is 18.2. The van der Waals surface area contributed by atoms with Gasteiger partial charge in [-0.1, -0.05) is 54.6 Å². The van der Waals surface area contributed by atoms with E-state index in [1.165, 1.54) is 50.5 Å². The molecule has 0 aliphatic heterocycles. The minimum Gasteiger partial charge on any atom is -0.493 e. The predicted molar refractivity (Wildman–Crippen MR) is 208 cm³/mol. The number of methoxy groups -OCH3 is 3. The van der Waals surface area contributed by atoms with Gasteiger partial charge in [-0.15, -0.1) is 23.1 Å². The van der Waals surface area contributed by atoms with Gasteiger partial charge in [0.05, 0.1) is 33.7 Å². The van der Waals surface area contributed by atoms with Crippen molar-refractivity contribution >= 4 is 63.6 Å². The Morgan fingerprint density at radius 3 is 2.11 bits per heavy atom. The zero-order chi connectivity index (χ0) is 37.7. The fourth-order valence-electron chi connectivity index (χ4n) is 5.15. The quantitative estimate of drug-likeness (QED) is 0.0556. The highest BCUT2D eigenvalue weighted by Crippen LogP contribution is 2.39. The van der Waals surface area contributed by atoms with Crippen LogP contribution in [-0.4, -0.2) is 57.4 Å². The Kier molecular flexibility index (Phi) is 13.3. The number of thiophene rings is 1. The van der Waals surface area contributed by atoms with Crippen molar-refractivity contribution in [3.05, 3.63) is 125 Å². The SMILES string of the molecule is CCOC(=O)c1c(-c2ccccc2)csc1NC(=O)CSc1cccc(NC(=O)/C(=C\c2cc(OC)c(OC)c(OC)c2)NC(=O)c2ccccc2)c1. The molecule has 0 fully saturated rings. The Bertz CT molecular complexity index is 2090. The van der Waals surface area contributed by atoms with Crippen molar-refractivity contribution in [1.82, 2.24) is 5.32 Å². The van der Waals surface area contributed by atoms with Crippen LogP contribution >= 0.6 is 23.1 Å². The summed E-state index contributed by atoms with van der Waals surface area (Å²) in [7, 11) is 4.45. The lowest BCUT2D eigenvalue weighted by Gasteiger charge is -2.15. The Balaban J connectivity index is 1.32. The second kappa shape index (κ2) is 18.4. The summed E-state index contributed by atoms with van der Waals surface area (Å²) < 4.78 is 21.7. The topological polar surface area (TPSA) is 141 Å². The van der Waals surface area contributed by atoms with Gasteiger partial charge in [0.25, 0.3) is 11.8 Å². The molecule has 0 aliphatic carbocycles. The van der Waals surface area contributed by atoms with E-state index in [4.69, 9.17) is 18.9 Å². The molecule has 1 aromatic heterocycles. The summed E-state index contributed by atoms with van der Waals surface area (Å²) >= 11 is 2.50. The number of benzene rings is 4. The molecule has 0 saturated carbocycles. The summed E-state index contributed by atoms with van der Waals surface area (Å²) in [6.07, 6.45) is 1.50. The summed E-state index contributed by atoms with van der Waals surface area (Å²) in [6.45, 7) is 1.92. The largest absolute Gasteiger partial charge is 0.493 e. The third kappa shape index (κ3) is 9.84. The molecule has 0 atom stereocenters. The number of anilines is 2. The van der Waals surface area contributed by atoms with Gasteiger partial charge in [-0.3, -0.25) is 14.4 Å². The van der Waals surface area contributed by atoms with Gasteiger partial charge in [-0.25, -0.2) is 4.79 Å². The van der Waals surface area contributed by atoms with Crippen LogP contribution in [0.25, 0.3) is 17.2 Å². The minimum absolute atomic E-state index is 0.0255. The highest BCUT2D eigenvalue weighted by Gasteiger charge is 2.23. The number of ether oxygens (including phenoxy) is 4. The number of hydrogen-bond acceptors (Lipinski definition) is 10. The standard InChI is InChI=1S/C40H37N3O8S2/c1-5-51-40(47)35-30(26-13-8-6-9-14-26)23-53-39(35)43-34(44)24-52-29-18-12-17-28(22-29)41-38(46)31(42-37(45)27-15-10-7-11-16-27)19-25-20-32(48-2)36(50-4)33(21-25)49-3/h6-23H,5,24H2,1-4H3,(H,41,46)(H,42,45)(H,43,44)/b31-19+. The summed E-state index contributed by atoms with van der Waals surface area (Å²) in [4.78, 5) is 53.7. The van der Waals surface area contributed by atoms with Crippen molar-refractivity contribution in [2.75, 3.05) is 44.3 Å². The minimum atomic E-state index is -0.596. The monoisotopic (exact) mass is 751 g/mol. The lowest BCUT2D eigenvalue weighted by Crippen LogP contribution is -2.30. The Morgan fingerprint density at radius 1 is 0.792 bits per heavy atom. The van der Waals surface area contributed by atoms with Crippen molar-refractivity contribution < 1.29 is 38.1 Å². The average molecular weight is 752 g/mol. The van der Waals surface area contributed by atoms with E-state index in [1.54, 1.807) is 73.7 Å². The summed E-state index contributed by atoms with van der Waals surface area (Å²) in [5.74, 6) is -0.779. The fourth-order valence-corrected chi connectivity index (χ4v) is 6.88. The molecular weight excluding hydrogens is 715 g/mol. The highest BCUT2D eigenvalue weighted by molar-refractivity contribution is 8.00. The van der Waals surface area contributed by atoms with Gasteiger partial charge in [-0.05, 0) is 66.6 Å². The molecule has 5 aromatic rings. The lowest BCUT2D eigenvalue weighted by atomic mass is 10.0. The van der Waals surface area contributed by atoms with Crippen molar-refractivity contribution in [3.63, 3.8) is 0 Å². The number of rotatable bonds is 15. The Hall–Kier alpha value is -6.05. The van der Waals surface area contributed by atoms with E-state index in [2.05, 4.69) is 16.0 Å². The van der Waals surface area contributed by atoms with Crippen molar-refractivity contribution in [1.29, 1.82) is 0 Å². The molecule has 11 nitrogen and oxygen atoms in total. The third-order valence-electron chi connectivity index (χ3n) is 7.60. The molecule has 0 bridgehead atoms. The normalized spacial score (nSPS) is 10.9. The second-order valence-electron chi connectivity index (χ2n) is 11.1. The molecule has 0 radical (unpaired) electrons. The maximum absolute atomic E-state index is 13.7. The molecule has 53 heavy (non-hydrogen) atoms. The lowest BCUT2D eigenvalue weighted by molar-refractivity contribution is -0.114. The van der Waals surface area contributed by atoms with Gasteiger partial charge in [-0.2, -0.15) is 0 Å². The van der Waals surface area contributed by atoms with Gasteiger partial charge in [0.2, 0.25) is 11.7 Å². The van der Waals surface area contributed by atoms with E-state index in [9.17, 15) is 19.2 Å². The summed E-state index contributed by atoms with van der Waals surface area (Å²) in [5.41, 5.74) is 3.07. The van der Waals surface area contributed by atoms with Crippen LogP contribution in [0.5, 0.6) is 17.2 Å². The van der Waals surface area contributed by atoms with E-state index in [0.717, 1.165) is 5.56 Å². The molecule has 0 unspecified atom stereocenters. The molecular formula is C40H37N3O8S2. The first-order valence-electron chi connectivity index (χ1n) is 16.3. The van der Waals surface area contributed by atoms with Gasteiger partial charge < -0.3 is 34.9 Å². The van der Waals surface area contributed by atoms with Gasteiger partial charge in [0.1, 0.15) is 16.3 Å². The van der Waals surface area contributed by atoms with E-state index in [1.807, 2.05) is 35.7 Å². The molecule has 0 aliphatic rings. The number of hydrogen-bond donors (Lipinski definition) is 3. The van der Waals surface area contributed by atoms with Crippen molar-refractivity contribution in [2.24, 2.45) is 0 Å². The number of nitrogens with one attached hydrogen (secondary N) is 3. The molecule has 4 aromatic carbocycles. The molecule has 13 heteroatoms. The molecule has 0 spiro atoms.